The van der Waals surface area contributed by atoms with Gasteiger partial charge < -0.3 is 5.11 Å². The molecule has 0 heterocycles. The quantitative estimate of drug-likeness (QED) is 0.530. The Kier molecular flexibility index (Phi) is 1.64. The summed E-state index contributed by atoms with van der Waals surface area (Å²) in [5.41, 5.74) is 1.16. The normalized spacial score (nSPS) is 8.80. The molecule has 1 rings (SSSR count). The summed E-state index contributed by atoms with van der Waals surface area (Å²) >= 11 is 0. The average Bonchev–Trinajstić information content (AvgIpc) is 1.88. The SMILES string of the molecule is C#Cc1c([CH2])cccc1O. The van der Waals surface area contributed by atoms with Crippen LogP contribution in [-0.2, 0) is 0 Å². The lowest BCUT2D eigenvalue weighted by atomic mass is 10.1. The van der Waals surface area contributed by atoms with Crippen LogP contribution in [0.3, 0.4) is 0 Å². The molecule has 0 amide bonds. The van der Waals surface area contributed by atoms with Gasteiger partial charge in [0.05, 0.1) is 5.56 Å². The first kappa shape index (κ1) is 6.70. The highest BCUT2D eigenvalue weighted by molar-refractivity contribution is 5.50. The second kappa shape index (κ2) is 2.45. The predicted molar refractivity (Wildman–Crippen MR) is 40.5 cm³/mol. The lowest BCUT2D eigenvalue weighted by molar-refractivity contribution is 0.473. The van der Waals surface area contributed by atoms with Crippen LogP contribution in [0.15, 0.2) is 18.2 Å². The van der Waals surface area contributed by atoms with E-state index in [1.54, 1.807) is 18.2 Å². The van der Waals surface area contributed by atoms with Gasteiger partial charge in [0.1, 0.15) is 5.75 Å². The molecule has 1 radical (unpaired) electrons. The standard InChI is InChI=1S/C9H7O/c1-3-8-7(2)5-4-6-9(8)10/h1,4-6,10H,2H2. The van der Waals surface area contributed by atoms with Crippen LogP contribution in [0.4, 0.5) is 0 Å². The number of hydrogen-bond acceptors (Lipinski definition) is 1. The number of hydrogen-bond donors (Lipinski definition) is 1. The molecule has 1 nitrogen and oxygen atoms in total. The van der Waals surface area contributed by atoms with Crippen molar-refractivity contribution in [1.29, 1.82) is 0 Å². The van der Waals surface area contributed by atoms with Crippen LogP contribution in [0.1, 0.15) is 11.1 Å². The molecular weight excluding hydrogens is 124 g/mol. The Morgan fingerprint density at radius 1 is 1.50 bits per heavy atom. The van der Waals surface area contributed by atoms with Gasteiger partial charge in [0.15, 0.2) is 0 Å². The van der Waals surface area contributed by atoms with E-state index in [9.17, 15) is 0 Å². The van der Waals surface area contributed by atoms with E-state index in [-0.39, 0.29) is 5.75 Å². The van der Waals surface area contributed by atoms with Crippen molar-refractivity contribution in [2.75, 3.05) is 0 Å². The van der Waals surface area contributed by atoms with Gasteiger partial charge in [-0.3, -0.25) is 0 Å². The summed E-state index contributed by atoms with van der Waals surface area (Å²) in [6, 6.07) is 5.01. The minimum absolute atomic E-state index is 0.120. The molecule has 1 aromatic rings. The molecule has 1 heteroatoms. The van der Waals surface area contributed by atoms with Crippen molar-refractivity contribution in [3.8, 4) is 18.1 Å². The van der Waals surface area contributed by atoms with Crippen LogP contribution in [0.5, 0.6) is 5.75 Å². The second-order valence-electron chi connectivity index (χ2n) is 1.96. The van der Waals surface area contributed by atoms with E-state index in [0.717, 1.165) is 0 Å². The molecule has 1 N–H and O–H groups in total. The third-order valence-electron chi connectivity index (χ3n) is 1.27. The Morgan fingerprint density at radius 3 is 2.60 bits per heavy atom. The maximum atomic E-state index is 9.11. The zero-order valence-electron chi connectivity index (χ0n) is 5.46. The van der Waals surface area contributed by atoms with E-state index in [2.05, 4.69) is 12.8 Å². The van der Waals surface area contributed by atoms with Crippen LogP contribution in [0.25, 0.3) is 0 Å². The minimum Gasteiger partial charge on any atom is -0.507 e. The van der Waals surface area contributed by atoms with Crippen molar-refractivity contribution in [2.45, 2.75) is 0 Å². The Balaban J connectivity index is 3.34. The number of rotatable bonds is 0. The number of benzene rings is 1. The summed E-state index contributed by atoms with van der Waals surface area (Å²) < 4.78 is 0. The largest absolute Gasteiger partial charge is 0.507 e. The minimum atomic E-state index is 0.120. The molecule has 0 bridgehead atoms. The summed E-state index contributed by atoms with van der Waals surface area (Å²) in [5.74, 6) is 2.47. The third-order valence-corrected chi connectivity index (χ3v) is 1.27. The van der Waals surface area contributed by atoms with E-state index in [1.165, 1.54) is 0 Å². The van der Waals surface area contributed by atoms with Crippen LogP contribution in [0.2, 0.25) is 0 Å². The lowest BCUT2D eigenvalue weighted by Gasteiger charge is -1.98. The van der Waals surface area contributed by atoms with Crippen molar-refractivity contribution < 1.29 is 5.11 Å². The molecule has 10 heavy (non-hydrogen) atoms. The van der Waals surface area contributed by atoms with E-state index in [4.69, 9.17) is 11.5 Å². The summed E-state index contributed by atoms with van der Waals surface area (Å²) in [6.07, 6.45) is 5.10. The molecule has 0 aliphatic rings. The number of terminal acetylenes is 1. The van der Waals surface area contributed by atoms with E-state index in [0.29, 0.717) is 11.1 Å². The number of phenols is 1. The molecular formula is C9H7O. The Bertz CT molecular complexity index is 261. The average molecular weight is 131 g/mol. The van der Waals surface area contributed by atoms with Crippen molar-refractivity contribution in [3.63, 3.8) is 0 Å². The molecule has 0 saturated carbocycles. The van der Waals surface area contributed by atoms with E-state index < -0.39 is 0 Å². The number of phenolic OH excluding ortho intramolecular Hbond substituents is 1. The van der Waals surface area contributed by atoms with Gasteiger partial charge in [-0.1, -0.05) is 18.1 Å². The van der Waals surface area contributed by atoms with Gasteiger partial charge in [0.2, 0.25) is 0 Å². The zero-order valence-corrected chi connectivity index (χ0v) is 5.46. The molecule has 0 fully saturated rings. The van der Waals surface area contributed by atoms with E-state index in [1.807, 2.05) is 0 Å². The summed E-state index contributed by atoms with van der Waals surface area (Å²) in [6.45, 7) is 3.65. The maximum Gasteiger partial charge on any atom is 0.131 e. The highest BCUT2D eigenvalue weighted by Gasteiger charge is 1.98. The van der Waals surface area contributed by atoms with Gasteiger partial charge in [-0.15, -0.1) is 6.42 Å². The molecule has 0 saturated heterocycles. The fourth-order valence-corrected chi connectivity index (χ4v) is 0.753. The summed E-state index contributed by atoms with van der Waals surface area (Å²) in [7, 11) is 0. The fourth-order valence-electron chi connectivity index (χ4n) is 0.753. The first-order chi connectivity index (χ1) is 4.75. The van der Waals surface area contributed by atoms with Gasteiger partial charge >= 0.3 is 0 Å². The molecule has 0 aromatic heterocycles. The second-order valence-corrected chi connectivity index (χ2v) is 1.96. The van der Waals surface area contributed by atoms with Crippen molar-refractivity contribution in [3.05, 3.63) is 36.2 Å². The lowest BCUT2D eigenvalue weighted by Crippen LogP contribution is -1.80. The predicted octanol–water partition coefficient (Wildman–Crippen LogP) is 1.56. The Morgan fingerprint density at radius 2 is 2.20 bits per heavy atom. The van der Waals surface area contributed by atoms with E-state index >= 15 is 0 Å². The smallest absolute Gasteiger partial charge is 0.131 e. The third kappa shape index (κ3) is 0.964. The van der Waals surface area contributed by atoms with Gasteiger partial charge in [-0.25, -0.2) is 0 Å². The van der Waals surface area contributed by atoms with Gasteiger partial charge in [-0.05, 0) is 18.6 Å². The molecule has 0 aliphatic heterocycles. The van der Waals surface area contributed by atoms with Crippen molar-refractivity contribution >= 4 is 0 Å². The molecule has 0 unspecified atom stereocenters. The van der Waals surface area contributed by atoms with Crippen molar-refractivity contribution in [1.82, 2.24) is 0 Å². The molecule has 0 spiro atoms. The summed E-state index contributed by atoms with van der Waals surface area (Å²) in [5, 5.41) is 9.11. The van der Waals surface area contributed by atoms with Gasteiger partial charge in [-0.2, -0.15) is 0 Å². The Labute approximate surface area is 60.3 Å². The van der Waals surface area contributed by atoms with Crippen LogP contribution in [-0.4, -0.2) is 5.11 Å². The van der Waals surface area contributed by atoms with Gasteiger partial charge in [0, 0.05) is 0 Å². The Hall–Kier alpha value is -1.42. The first-order valence-electron chi connectivity index (χ1n) is 2.86. The molecule has 49 valence electrons. The summed E-state index contributed by atoms with van der Waals surface area (Å²) in [4.78, 5) is 0. The molecule has 0 aliphatic carbocycles. The van der Waals surface area contributed by atoms with Crippen LogP contribution < -0.4 is 0 Å². The first-order valence-corrected chi connectivity index (χ1v) is 2.86. The maximum absolute atomic E-state index is 9.11. The monoisotopic (exact) mass is 131 g/mol. The molecule has 0 atom stereocenters. The zero-order chi connectivity index (χ0) is 7.56. The van der Waals surface area contributed by atoms with Gasteiger partial charge in [0.25, 0.3) is 0 Å². The van der Waals surface area contributed by atoms with Crippen molar-refractivity contribution in [2.24, 2.45) is 0 Å². The highest BCUT2D eigenvalue weighted by Crippen LogP contribution is 2.18. The highest BCUT2D eigenvalue weighted by atomic mass is 16.3. The fraction of sp³-hybridized carbons (Fsp3) is 0. The van der Waals surface area contributed by atoms with Crippen LogP contribution in [0, 0.1) is 19.3 Å². The molecule has 1 aromatic carbocycles. The topological polar surface area (TPSA) is 20.2 Å². The number of aromatic hydroxyl groups is 1. The van der Waals surface area contributed by atoms with Crippen LogP contribution >= 0.6 is 0 Å².